The van der Waals surface area contributed by atoms with E-state index in [0.717, 1.165) is 0 Å². The summed E-state index contributed by atoms with van der Waals surface area (Å²) in [5, 5.41) is 10.9. The summed E-state index contributed by atoms with van der Waals surface area (Å²) in [5.74, 6) is -0.330. The quantitative estimate of drug-likeness (QED) is 0.900. The molecule has 0 saturated carbocycles. The molecule has 0 amide bonds. The molecule has 8 heteroatoms. The molecule has 0 fully saturated rings. The summed E-state index contributed by atoms with van der Waals surface area (Å²) in [6.45, 7) is 0. The van der Waals surface area contributed by atoms with Crippen molar-refractivity contribution in [3.05, 3.63) is 52.0 Å². The number of benzene rings is 1. The highest BCUT2D eigenvalue weighted by molar-refractivity contribution is 7.90. The van der Waals surface area contributed by atoms with Crippen LogP contribution in [0, 0.1) is 0 Å². The van der Waals surface area contributed by atoms with E-state index in [4.69, 9.17) is 23.2 Å². The fourth-order valence-electron chi connectivity index (χ4n) is 1.84. The van der Waals surface area contributed by atoms with Gasteiger partial charge in [-0.2, -0.15) is 0 Å². The van der Waals surface area contributed by atoms with Gasteiger partial charge in [0.15, 0.2) is 9.84 Å². The van der Waals surface area contributed by atoms with Gasteiger partial charge in [0.1, 0.15) is 16.7 Å². The van der Waals surface area contributed by atoms with Crippen LogP contribution in [-0.4, -0.2) is 28.8 Å². The molecule has 0 radical (unpaired) electrons. The van der Waals surface area contributed by atoms with Crippen molar-refractivity contribution >= 4 is 33.0 Å². The lowest BCUT2D eigenvalue weighted by molar-refractivity contribution is 0.201. The van der Waals surface area contributed by atoms with Gasteiger partial charge in [0.05, 0.1) is 18.1 Å². The molecule has 21 heavy (non-hydrogen) atoms. The summed E-state index contributed by atoms with van der Waals surface area (Å²) < 4.78 is 25.8. The molecule has 0 aliphatic heterocycles. The Morgan fingerprint density at radius 2 is 1.90 bits per heavy atom. The second kappa shape index (κ2) is 6.36. The number of halogens is 2. The van der Waals surface area contributed by atoms with Crippen molar-refractivity contribution in [2.75, 3.05) is 5.75 Å². The number of aliphatic hydroxyl groups excluding tert-OH is 1. The van der Waals surface area contributed by atoms with Crippen molar-refractivity contribution in [2.45, 2.75) is 11.9 Å². The van der Waals surface area contributed by atoms with Gasteiger partial charge in [0, 0.05) is 12.1 Å². The van der Waals surface area contributed by atoms with Crippen LogP contribution in [0.5, 0.6) is 0 Å². The van der Waals surface area contributed by atoms with Gasteiger partial charge in [-0.1, -0.05) is 35.3 Å². The molecule has 2 rings (SSSR count). The van der Waals surface area contributed by atoms with E-state index in [1.807, 2.05) is 0 Å². The first-order chi connectivity index (χ1) is 9.78. The molecule has 0 spiro atoms. The third-order valence-electron chi connectivity index (χ3n) is 3.04. The number of hydrogen-bond acceptors (Lipinski definition) is 4. The molecule has 1 atom stereocenters. The Labute approximate surface area is 133 Å². The van der Waals surface area contributed by atoms with Crippen molar-refractivity contribution in [3.63, 3.8) is 0 Å². The van der Waals surface area contributed by atoms with Crippen molar-refractivity contribution in [1.82, 2.24) is 9.55 Å². The van der Waals surface area contributed by atoms with Crippen LogP contribution in [0.4, 0.5) is 0 Å². The lowest BCUT2D eigenvalue weighted by atomic mass is 10.1. The standard InChI is InChI=1S/C13H14Cl2N2O3S/c1-17-12(15)6-16-13(17)8-21(19,20)7-11(18)9-2-4-10(14)5-3-9/h2-6,11,18H,7-8H2,1H3. The number of nitrogens with zero attached hydrogens (tertiary/aromatic N) is 2. The van der Waals surface area contributed by atoms with Crippen LogP contribution in [0.15, 0.2) is 30.5 Å². The molecule has 2 aromatic rings. The Bertz CT molecular complexity index is 726. The van der Waals surface area contributed by atoms with E-state index >= 15 is 0 Å². The molecule has 0 saturated heterocycles. The van der Waals surface area contributed by atoms with E-state index in [1.54, 1.807) is 31.3 Å². The van der Waals surface area contributed by atoms with Crippen LogP contribution in [0.1, 0.15) is 17.5 Å². The molecule has 1 unspecified atom stereocenters. The van der Waals surface area contributed by atoms with Crippen LogP contribution < -0.4 is 0 Å². The summed E-state index contributed by atoms with van der Waals surface area (Å²) >= 11 is 11.6. The fraction of sp³-hybridized carbons (Fsp3) is 0.308. The van der Waals surface area contributed by atoms with E-state index in [0.29, 0.717) is 21.6 Å². The van der Waals surface area contributed by atoms with E-state index < -0.39 is 15.9 Å². The molecule has 1 aromatic carbocycles. The lowest BCUT2D eigenvalue weighted by Gasteiger charge is -2.12. The number of sulfone groups is 1. The third kappa shape index (κ3) is 4.20. The molecular formula is C13H14Cl2N2O3S. The van der Waals surface area contributed by atoms with Gasteiger partial charge in [-0.25, -0.2) is 13.4 Å². The van der Waals surface area contributed by atoms with Gasteiger partial charge >= 0.3 is 0 Å². The van der Waals surface area contributed by atoms with Gasteiger partial charge in [-0.05, 0) is 17.7 Å². The molecular weight excluding hydrogens is 335 g/mol. The third-order valence-corrected chi connectivity index (χ3v) is 5.17. The van der Waals surface area contributed by atoms with E-state index in [2.05, 4.69) is 4.98 Å². The molecule has 1 N–H and O–H groups in total. The predicted molar refractivity (Wildman–Crippen MR) is 82.1 cm³/mol. The van der Waals surface area contributed by atoms with Gasteiger partial charge in [-0.15, -0.1) is 0 Å². The highest BCUT2D eigenvalue weighted by atomic mass is 35.5. The van der Waals surface area contributed by atoms with Gasteiger partial charge in [0.25, 0.3) is 0 Å². The smallest absolute Gasteiger partial charge is 0.160 e. The maximum Gasteiger partial charge on any atom is 0.160 e. The highest BCUT2D eigenvalue weighted by Crippen LogP contribution is 2.20. The van der Waals surface area contributed by atoms with E-state index in [-0.39, 0.29) is 11.5 Å². The fourth-order valence-corrected chi connectivity index (χ4v) is 3.56. The average Bonchev–Trinajstić information content (AvgIpc) is 2.70. The molecule has 114 valence electrons. The van der Waals surface area contributed by atoms with Crippen molar-refractivity contribution in [2.24, 2.45) is 7.05 Å². The van der Waals surface area contributed by atoms with Crippen molar-refractivity contribution < 1.29 is 13.5 Å². The number of imidazole rings is 1. The van der Waals surface area contributed by atoms with Crippen LogP contribution in [0.2, 0.25) is 10.2 Å². The Balaban J connectivity index is 2.10. The summed E-state index contributed by atoms with van der Waals surface area (Å²) in [6, 6.07) is 6.40. The van der Waals surface area contributed by atoms with Crippen LogP contribution in [0.25, 0.3) is 0 Å². The first-order valence-electron chi connectivity index (χ1n) is 6.08. The SMILES string of the molecule is Cn1c(Cl)cnc1CS(=O)(=O)CC(O)c1ccc(Cl)cc1. The number of hydrogen-bond donors (Lipinski definition) is 1. The minimum atomic E-state index is -3.53. The Hall–Kier alpha value is -1.08. The average molecular weight is 349 g/mol. The maximum atomic E-state index is 12.1. The van der Waals surface area contributed by atoms with Gasteiger partial charge < -0.3 is 9.67 Å². The van der Waals surface area contributed by atoms with Gasteiger partial charge in [0.2, 0.25) is 0 Å². The number of rotatable bonds is 5. The summed E-state index contributed by atoms with van der Waals surface area (Å²) in [4.78, 5) is 3.94. The molecule has 1 heterocycles. The summed E-state index contributed by atoms with van der Waals surface area (Å²) in [6.07, 6.45) is 0.283. The summed E-state index contributed by atoms with van der Waals surface area (Å²) in [7, 11) is -1.89. The molecule has 0 bridgehead atoms. The number of aliphatic hydroxyl groups is 1. The molecule has 0 aliphatic rings. The molecule has 1 aromatic heterocycles. The van der Waals surface area contributed by atoms with Crippen molar-refractivity contribution in [1.29, 1.82) is 0 Å². The lowest BCUT2D eigenvalue weighted by Crippen LogP contribution is -2.18. The predicted octanol–water partition coefficient (Wildman–Crippen LogP) is 2.38. The van der Waals surface area contributed by atoms with E-state index in [1.165, 1.54) is 10.8 Å². The van der Waals surface area contributed by atoms with E-state index in [9.17, 15) is 13.5 Å². The largest absolute Gasteiger partial charge is 0.387 e. The Morgan fingerprint density at radius 1 is 1.29 bits per heavy atom. The second-order valence-corrected chi connectivity index (χ2v) is 7.61. The van der Waals surface area contributed by atoms with Crippen LogP contribution >= 0.6 is 23.2 Å². The number of aromatic nitrogens is 2. The topological polar surface area (TPSA) is 72.2 Å². The zero-order valence-corrected chi connectivity index (χ0v) is 13.5. The highest BCUT2D eigenvalue weighted by Gasteiger charge is 2.21. The normalized spacial score (nSPS) is 13.3. The molecule has 0 aliphatic carbocycles. The minimum Gasteiger partial charge on any atom is -0.387 e. The first kappa shape index (κ1) is 16.3. The second-order valence-electron chi connectivity index (χ2n) is 4.68. The Morgan fingerprint density at radius 3 is 2.43 bits per heavy atom. The van der Waals surface area contributed by atoms with Crippen LogP contribution in [-0.2, 0) is 22.6 Å². The maximum absolute atomic E-state index is 12.1. The zero-order valence-electron chi connectivity index (χ0n) is 11.2. The Kier molecular flexibility index (Phi) is 4.93. The summed E-state index contributed by atoms with van der Waals surface area (Å²) in [5.41, 5.74) is 0.501. The monoisotopic (exact) mass is 348 g/mol. The zero-order chi connectivity index (χ0) is 15.6. The first-order valence-corrected chi connectivity index (χ1v) is 8.66. The van der Waals surface area contributed by atoms with Gasteiger partial charge in [-0.3, -0.25) is 0 Å². The van der Waals surface area contributed by atoms with Crippen molar-refractivity contribution in [3.8, 4) is 0 Å². The molecule has 5 nitrogen and oxygen atoms in total. The minimum absolute atomic E-state index is 0.277. The van der Waals surface area contributed by atoms with Crippen LogP contribution in [0.3, 0.4) is 0 Å².